The van der Waals surface area contributed by atoms with Gasteiger partial charge in [-0.05, 0) is 67.7 Å². The Morgan fingerprint density at radius 1 is 1.35 bits per heavy atom. The molecule has 8 nitrogen and oxygen atoms in total. The molecule has 0 spiro atoms. The van der Waals surface area contributed by atoms with Gasteiger partial charge in [-0.25, -0.2) is 0 Å². The Hall–Kier alpha value is -3.07. The van der Waals surface area contributed by atoms with Crippen molar-refractivity contribution in [3.8, 4) is 0 Å². The number of nitrogens with two attached hydrogens (primary N) is 1. The maximum absolute atomic E-state index is 12.0. The molecule has 2 aliphatic carbocycles. The quantitative estimate of drug-likeness (QED) is 0.533. The fourth-order valence-electron chi connectivity index (χ4n) is 4.47. The van der Waals surface area contributed by atoms with Gasteiger partial charge in [0.15, 0.2) is 0 Å². The van der Waals surface area contributed by atoms with Crippen LogP contribution in [0.4, 0.5) is 0 Å². The van der Waals surface area contributed by atoms with Gasteiger partial charge >= 0.3 is 0 Å². The number of carbonyl (C=O) groups excluding carboxylic acids is 1. The average Bonchev–Trinajstić information content (AvgIpc) is 3.13. The van der Waals surface area contributed by atoms with Crippen molar-refractivity contribution in [2.24, 2.45) is 10.9 Å². The zero-order valence-corrected chi connectivity index (χ0v) is 19.9. The largest absolute Gasteiger partial charge is 0.507 e. The summed E-state index contributed by atoms with van der Waals surface area (Å²) in [5, 5.41) is 13.4. The predicted molar refractivity (Wildman–Crippen MR) is 134 cm³/mol. The number of pyridine rings is 1. The van der Waals surface area contributed by atoms with Crippen LogP contribution in [0.5, 0.6) is 0 Å². The number of aliphatic hydroxyl groups is 1. The number of allylic oxidation sites excluding steroid dienone is 4. The van der Waals surface area contributed by atoms with Crippen molar-refractivity contribution in [3.05, 3.63) is 75.4 Å². The van der Waals surface area contributed by atoms with E-state index in [-0.39, 0.29) is 23.9 Å². The minimum Gasteiger partial charge on any atom is -0.507 e. The molecule has 0 aromatic carbocycles. The van der Waals surface area contributed by atoms with Crippen molar-refractivity contribution in [1.82, 2.24) is 9.88 Å². The number of hydrogen-bond donors (Lipinski definition) is 2. The van der Waals surface area contributed by atoms with Crippen LogP contribution < -0.4 is 5.73 Å². The van der Waals surface area contributed by atoms with E-state index >= 15 is 0 Å². The first-order valence-electron chi connectivity index (χ1n) is 11.6. The van der Waals surface area contributed by atoms with Gasteiger partial charge in [-0.1, -0.05) is 11.3 Å². The summed E-state index contributed by atoms with van der Waals surface area (Å²) < 4.78 is 6.17. The lowest BCUT2D eigenvalue weighted by molar-refractivity contribution is -0.114. The number of hydrogen-bond acceptors (Lipinski definition) is 8. The molecule has 1 atom stereocenters. The van der Waals surface area contributed by atoms with Crippen LogP contribution >= 0.6 is 11.8 Å². The summed E-state index contributed by atoms with van der Waals surface area (Å²) in [6.45, 7) is 1.22. The molecule has 0 unspecified atom stereocenters. The molecule has 4 rings (SSSR count). The predicted octanol–water partition coefficient (Wildman–Crippen LogP) is 4.21. The van der Waals surface area contributed by atoms with E-state index in [1.807, 2.05) is 23.9 Å². The van der Waals surface area contributed by atoms with Crippen LogP contribution in [-0.4, -0.2) is 51.6 Å². The molecule has 1 aromatic rings. The van der Waals surface area contributed by atoms with Crippen LogP contribution in [0.25, 0.3) is 5.70 Å². The van der Waals surface area contributed by atoms with Crippen molar-refractivity contribution < 1.29 is 14.6 Å². The number of amides is 1. The van der Waals surface area contributed by atoms with Crippen molar-refractivity contribution in [2.45, 2.75) is 44.7 Å². The van der Waals surface area contributed by atoms with Crippen LogP contribution in [0.15, 0.2) is 64.4 Å². The van der Waals surface area contributed by atoms with Crippen LogP contribution in [0, 0.1) is 4.91 Å². The van der Waals surface area contributed by atoms with E-state index in [2.05, 4.69) is 15.1 Å². The molecule has 34 heavy (non-hydrogen) atoms. The van der Waals surface area contributed by atoms with Crippen LogP contribution in [0.3, 0.4) is 0 Å². The standard InChI is InChI=1S/C25H30N4O4S/c26-25(31)23-21(30)9-1-2-10-22(23)33-15-18-16-34-13-5-12-29(18)24(17-6-3-7-17)19-8-4-11-27-20(19)14-28-32/h1,4,8-11,18,30H,2-3,5-7,12-16H2,(H2,26,31)/t18-/m1/s1. The minimum absolute atomic E-state index is 0.00532. The molecule has 180 valence electrons. The molecule has 9 heteroatoms. The van der Waals surface area contributed by atoms with Gasteiger partial charge in [0.25, 0.3) is 5.91 Å². The first-order chi connectivity index (χ1) is 16.6. The third kappa shape index (κ3) is 5.35. The highest BCUT2D eigenvalue weighted by molar-refractivity contribution is 7.99. The van der Waals surface area contributed by atoms with Crippen LogP contribution in [0.1, 0.15) is 43.4 Å². The van der Waals surface area contributed by atoms with Gasteiger partial charge in [0, 0.05) is 29.8 Å². The monoisotopic (exact) mass is 482 g/mol. The number of aromatic nitrogens is 1. The molecular formula is C25H30N4O4S. The van der Waals surface area contributed by atoms with Crippen LogP contribution in [-0.2, 0) is 16.1 Å². The van der Waals surface area contributed by atoms with Gasteiger partial charge in [-0.15, -0.1) is 0 Å². The van der Waals surface area contributed by atoms with Gasteiger partial charge in [0.2, 0.25) is 0 Å². The third-order valence-electron chi connectivity index (χ3n) is 6.27. The van der Waals surface area contributed by atoms with Gasteiger partial charge in [0.1, 0.15) is 30.2 Å². The van der Waals surface area contributed by atoms with Crippen molar-refractivity contribution >= 4 is 23.4 Å². The number of aliphatic hydroxyl groups excluding tert-OH is 1. The number of rotatable bonds is 8. The first-order valence-corrected chi connectivity index (χ1v) is 12.8. The Morgan fingerprint density at radius 3 is 2.94 bits per heavy atom. The topological polar surface area (TPSA) is 118 Å². The zero-order valence-electron chi connectivity index (χ0n) is 19.1. The lowest BCUT2D eigenvalue weighted by Crippen LogP contribution is -2.40. The van der Waals surface area contributed by atoms with Crippen LogP contribution in [0.2, 0.25) is 0 Å². The van der Waals surface area contributed by atoms with Gasteiger partial charge in [-0.3, -0.25) is 9.78 Å². The van der Waals surface area contributed by atoms with Gasteiger partial charge in [0.05, 0.1) is 11.7 Å². The molecule has 3 N–H and O–H groups in total. The molecule has 2 fully saturated rings. The second kappa shape index (κ2) is 11.4. The SMILES string of the molecule is NC(=O)C1=C(O)C=CCC=C1OC[C@@H]1CSCCCN1C(=C1CCC1)c1cccnc1CN=O. The van der Waals surface area contributed by atoms with E-state index in [9.17, 15) is 14.8 Å². The van der Waals surface area contributed by atoms with Crippen molar-refractivity contribution in [2.75, 3.05) is 24.7 Å². The molecule has 1 saturated carbocycles. The summed E-state index contributed by atoms with van der Waals surface area (Å²) in [7, 11) is 0. The highest BCUT2D eigenvalue weighted by Gasteiger charge is 2.31. The minimum atomic E-state index is -0.721. The summed E-state index contributed by atoms with van der Waals surface area (Å²) in [4.78, 5) is 30.0. The fraction of sp³-hybridized carbons (Fsp3) is 0.440. The fourth-order valence-corrected chi connectivity index (χ4v) is 5.52. The molecule has 2 heterocycles. The second-order valence-corrected chi connectivity index (χ2v) is 9.66. The van der Waals surface area contributed by atoms with E-state index in [0.29, 0.717) is 24.5 Å². The maximum atomic E-state index is 12.0. The van der Waals surface area contributed by atoms with E-state index in [1.165, 1.54) is 11.6 Å². The van der Waals surface area contributed by atoms with Crippen molar-refractivity contribution in [3.63, 3.8) is 0 Å². The third-order valence-corrected chi connectivity index (χ3v) is 7.47. The van der Waals surface area contributed by atoms with Gasteiger partial charge < -0.3 is 20.5 Å². The average molecular weight is 483 g/mol. The molecule has 0 bridgehead atoms. The molecule has 1 aromatic heterocycles. The Morgan fingerprint density at radius 2 is 2.21 bits per heavy atom. The van der Waals surface area contributed by atoms with Gasteiger partial charge in [-0.2, -0.15) is 16.7 Å². The highest BCUT2D eigenvalue weighted by Crippen LogP contribution is 2.39. The highest BCUT2D eigenvalue weighted by atomic mass is 32.2. The maximum Gasteiger partial charge on any atom is 0.256 e. The lowest BCUT2D eigenvalue weighted by atomic mass is 9.87. The summed E-state index contributed by atoms with van der Waals surface area (Å²) in [6, 6.07) is 3.95. The van der Waals surface area contributed by atoms with Crippen molar-refractivity contribution in [1.29, 1.82) is 0 Å². The smallest absolute Gasteiger partial charge is 0.256 e. The second-order valence-electron chi connectivity index (χ2n) is 8.51. The normalized spacial score (nSPS) is 20.7. The van der Waals surface area contributed by atoms with E-state index < -0.39 is 5.91 Å². The molecule has 1 aliphatic heterocycles. The summed E-state index contributed by atoms with van der Waals surface area (Å²) in [5.74, 6) is 1.31. The lowest BCUT2D eigenvalue weighted by Gasteiger charge is -2.38. The molecule has 1 saturated heterocycles. The zero-order chi connectivity index (χ0) is 23.9. The first kappa shape index (κ1) is 24.1. The number of thioether (sulfide) groups is 1. The molecule has 3 aliphatic rings. The molecule has 1 amide bonds. The molecule has 0 radical (unpaired) electrons. The summed E-state index contributed by atoms with van der Waals surface area (Å²) >= 11 is 1.88. The Kier molecular flexibility index (Phi) is 8.05. The number of carbonyl (C=O) groups is 1. The number of nitrogens with zero attached hydrogens (tertiary/aromatic N) is 3. The molecular weight excluding hydrogens is 452 g/mol. The number of nitroso groups, excluding NO2 is 1. The number of ether oxygens (including phenoxy) is 1. The Labute approximate surface area is 203 Å². The van der Waals surface area contributed by atoms with E-state index in [1.54, 1.807) is 18.3 Å². The Balaban J connectivity index is 1.65. The summed E-state index contributed by atoms with van der Waals surface area (Å²) in [6.07, 6.45) is 11.5. The summed E-state index contributed by atoms with van der Waals surface area (Å²) in [5.41, 5.74) is 9.69. The van der Waals surface area contributed by atoms with E-state index in [0.717, 1.165) is 55.0 Å². The van der Waals surface area contributed by atoms with E-state index in [4.69, 9.17) is 10.5 Å². The number of primary amides is 1. The Bertz CT molecular complexity index is 1060.